The van der Waals surface area contributed by atoms with E-state index in [2.05, 4.69) is 5.32 Å². The van der Waals surface area contributed by atoms with Gasteiger partial charge in [-0.1, -0.05) is 18.5 Å². The Kier molecular flexibility index (Phi) is 3.14. The monoisotopic (exact) mass is 199 g/mol. The van der Waals surface area contributed by atoms with Gasteiger partial charge in [-0.3, -0.25) is 4.79 Å². The van der Waals surface area contributed by atoms with E-state index >= 15 is 0 Å². The summed E-state index contributed by atoms with van der Waals surface area (Å²) in [5.74, 6) is -0.135. The van der Waals surface area contributed by atoms with Gasteiger partial charge in [-0.2, -0.15) is 0 Å². The summed E-state index contributed by atoms with van der Waals surface area (Å²) in [5.41, 5.74) is 0.347. The zero-order chi connectivity index (χ0) is 9.84. The summed E-state index contributed by atoms with van der Waals surface area (Å²) in [6, 6.07) is 4.50. The molecule has 0 heterocycles. The lowest BCUT2D eigenvalue weighted by molar-refractivity contribution is -0.115. The second-order valence-corrected chi connectivity index (χ2v) is 3.00. The van der Waals surface area contributed by atoms with Crippen molar-refractivity contribution in [2.75, 3.05) is 5.32 Å². The second-order valence-electron chi connectivity index (χ2n) is 2.56. The first-order valence-corrected chi connectivity index (χ1v) is 4.29. The van der Waals surface area contributed by atoms with E-state index in [4.69, 9.17) is 11.6 Å². The van der Waals surface area contributed by atoms with Gasteiger partial charge in [0, 0.05) is 11.4 Å². The van der Waals surface area contributed by atoms with Crippen molar-refractivity contribution >= 4 is 23.2 Å². The summed E-state index contributed by atoms with van der Waals surface area (Å²) in [4.78, 5) is 11.0. The molecule has 0 radical (unpaired) electrons. The third-order valence-corrected chi connectivity index (χ3v) is 1.79. The number of phenolic OH excluding ortho intramolecular Hbond substituents is 1. The third kappa shape index (κ3) is 2.63. The van der Waals surface area contributed by atoms with Gasteiger partial charge in [-0.25, -0.2) is 0 Å². The van der Waals surface area contributed by atoms with Gasteiger partial charge >= 0.3 is 0 Å². The first kappa shape index (κ1) is 9.86. The lowest BCUT2D eigenvalue weighted by Crippen LogP contribution is -2.09. The standard InChI is InChI=1S/C9H10ClNO2/c1-2-9(13)11-7-5-6(10)3-4-8(7)12/h3-5,12H,2H2,1H3,(H,11,13). The molecule has 0 spiro atoms. The van der Waals surface area contributed by atoms with Crippen LogP contribution in [0.4, 0.5) is 5.69 Å². The fourth-order valence-electron chi connectivity index (χ4n) is 0.847. The second kappa shape index (κ2) is 4.14. The first-order valence-electron chi connectivity index (χ1n) is 3.92. The topological polar surface area (TPSA) is 49.3 Å². The van der Waals surface area contributed by atoms with Crippen molar-refractivity contribution in [1.82, 2.24) is 0 Å². The molecule has 0 bridgehead atoms. The number of anilines is 1. The summed E-state index contributed by atoms with van der Waals surface area (Å²) < 4.78 is 0. The molecule has 3 nitrogen and oxygen atoms in total. The molecule has 0 saturated heterocycles. The molecule has 13 heavy (non-hydrogen) atoms. The van der Waals surface area contributed by atoms with E-state index in [0.717, 1.165) is 0 Å². The van der Waals surface area contributed by atoms with Crippen LogP contribution >= 0.6 is 11.6 Å². The molecule has 1 amide bonds. The smallest absolute Gasteiger partial charge is 0.224 e. The van der Waals surface area contributed by atoms with Crippen LogP contribution in [0.3, 0.4) is 0 Å². The van der Waals surface area contributed by atoms with Crippen molar-refractivity contribution < 1.29 is 9.90 Å². The maximum Gasteiger partial charge on any atom is 0.224 e. The molecule has 0 fully saturated rings. The van der Waals surface area contributed by atoms with Crippen molar-refractivity contribution in [1.29, 1.82) is 0 Å². The van der Waals surface area contributed by atoms with Crippen molar-refractivity contribution in [2.45, 2.75) is 13.3 Å². The van der Waals surface area contributed by atoms with E-state index in [0.29, 0.717) is 17.1 Å². The van der Waals surface area contributed by atoms with Gasteiger partial charge in [0.25, 0.3) is 0 Å². The Balaban J connectivity index is 2.87. The number of halogens is 1. The number of hydrogen-bond donors (Lipinski definition) is 2. The predicted molar refractivity (Wildman–Crippen MR) is 52.0 cm³/mol. The molecule has 1 rings (SSSR count). The van der Waals surface area contributed by atoms with Gasteiger partial charge in [-0.15, -0.1) is 0 Å². The molecule has 4 heteroatoms. The molecule has 70 valence electrons. The van der Waals surface area contributed by atoms with Gasteiger partial charge < -0.3 is 10.4 Å². The van der Waals surface area contributed by atoms with E-state index in [1.54, 1.807) is 13.0 Å². The van der Waals surface area contributed by atoms with Crippen molar-refractivity contribution in [3.63, 3.8) is 0 Å². The fourth-order valence-corrected chi connectivity index (χ4v) is 1.02. The van der Waals surface area contributed by atoms with Crippen LogP contribution in [0.25, 0.3) is 0 Å². The van der Waals surface area contributed by atoms with Crippen LogP contribution in [0.5, 0.6) is 5.75 Å². The van der Waals surface area contributed by atoms with E-state index in [9.17, 15) is 9.90 Å². The number of benzene rings is 1. The highest BCUT2D eigenvalue weighted by atomic mass is 35.5. The average molecular weight is 200 g/mol. The minimum absolute atomic E-state index is 0.0196. The molecular weight excluding hydrogens is 190 g/mol. The zero-order valence-electron chi connectivity index (χ0n) is 7.17. The van der Waals surface area contributed by atoms with Crippen LogP contribution in [0, 0.1) is 0 Å². The molecule has 1 aromatic carbocycles. The number of nitrogens with one attached hydrogen (secondary N) is 1. The number of carbonyl (C=O) groups is 1. The van der Waals surface area contributed by atoms with Gasteiger partial charge in [0.15, 0.2) is 0 Å². The molecule has 2 N–H and O–H groups in total. The molecule has 0 aliphatic rings. The van der Waals surface area contributed by atoms with Crippen molar-refractivity contribution in [3.8, 4) is 5.75 Å². The number of rotatable bonds is 2. The van der Waals surface area contributed by atoms with Crippen molar-refractivity contribution in [3.05, 3.63) is 23.2 Å². The Bertz CT molecular complexity index is 325. The molecule has 0 saturated carbocycles. The summed E-state index contributed by atoms with van der Waals surface area (Å²) in [5, 5.41) is 12.3. The molecule has 0 aliphatic carbocycles. The lowest BCUT2D eigenvalue weighted by atomic mass is 10.3. The number of phenols is 1. The molecule has 1 aromatic rings. The van der Waals surface area contributed by atoms with Gasteiger partial charge in [-0.05, 0) is 18.2 Å². The Morgan fingerprint density at radius 2 is 2.31 bits per heavy atom. The van der Waals surface area contributed by atoms with Crippen LogP contribution in [-0.4, -0.2) is 11.0 Å². The molecular formula is C9H10ClNO2. The molecule has 0 atom stereocenters. The van der Waals surface area contributed by atoms with Gasteiger partial charge in [0.1, 0.15) is 5.75 Å². The highest BCUT2D eigenvalue weighted by Gasteiger charge is 2.04. The van der Waals surface area contributed by atoms with Crippen LogP contribution in [0.2, 0.25) is 5.02 Å². The number of hydrogen-bond acceptors (Lipinski definition) is 2. The Hall–Kier alpha value is -1.22. The Labute approximate surface area is 81.3 Å². The van der Waals surface area contributed by atoms with E-state index < -0.39 is 0 Å². The van der Waals surface area contributed by atoms with E-state index in [-0.39, 0.29) is 11.7 Å². The minimum atomic E-state index is -0.155. The van der Waals surface area contributed by atoms with Crippen LogP contribution in [0.1, 0.15) is 13.3 Å². The molecule has 0 unspecified atom stereocenters. The maximum absolute atomic E-state index is 11.0. The van der Waals surface area contributed by atoms with E-state index in [1.165, 1.54) is 12.1 Å². The van der Waals surface area contributed by atoms with Crippen molar-refractivity contribution in [2.24, 2.45) is 0 Å². The summed E-state index contributed by atoms with van der Waals surface area (Å²) in [6.07, 6.45) is 0.367. The predicted octanol–water partition coefficient (Wildman–Crippen LogP) is 2.39. The third-order valence-electron chi connectivity index (χ3n) is 1.55. The summed E-state index contributed by atoms with van der Waals surface area (Å²) >= 11 is 5.68. The Morgan fingerprint density at radius 1 is 1.62 bits per heavy atom. The van der Waals surface area contributed by atoms with E-state index in [1.807, 2.05) is 0 Å². The highest BCUT2D eigenvalue weighted by molar-refractivity contribution is 6.31. The quantitative estimate of drug-likeness (QED) is 0.719. The molecule has 0 aromatic heterocycles. The fraction of sp³-hybridized carbons (Fsp3) is 0.222. The van der Waals surface area contributed by atoms with Crippen LogP contribution in [0.15, 0.2) is 18.2 Å². The van der Waals surface area contributed by atoms with Crippen LogP contribution in [-0.2, 0) is 4.79 Å². The minimum Gasteiger partial charge on any atom is -0.506 e. The Morgan fingerprint density at radius 3 is 2.92 bits per heavy atom. The largest absolute Gasteiger partial charge is 0.506 e. The highest BCUT2D eigenvalue weighted by Crippen LogP contribution is 2.26. The van der Waals surface area contributed by atoms with Gasteiger partial charge in [0.2, 0.25) is 5.91 Å². The number of amides is 1. The summed E-state index contributed by atoms with van der Waals surface area (Å²) in [6.45, 7) is 1.73. The van der Waals surface area contributed by atoms with Crippen LogP contribution < -0.4 is 5.32 Å². The normalized spacial score (nSPS) is 9.69. The SMILES string of the molecule is CCC(=O)Nc1cc(Cl)ccc1O. The number of aromatic hydroxyl groups is 1. The molecule has 0 aliphatic heterocycles. The maximum atomic E-state index is 11.0. The zero-order valence-corrected chi connectivity index (χ0v) is 7.93. The first-order chi connectivity index (χ1) is 6.13. The average Bonchev–Trinajstić information content (AvgIpc) is 2.11. The number of carbonyl (C=O) groups excluding carboxylic acids is 1. The van der Waals surface area contributed by atoms with Gasteiger partial charge in [0.05, 0.1) is 5.69 Å². The summed E-state index contributed by atoms with van der Waals surface area (Å²) in [7, 11) is 0. The lowest BCUT2D eigenvalue weighted by Gasteiger charge is -2.05.